The van der Waals surface area contributed by atoms with Gasteiger partial charge >= 0.3 is 0 Å². The number of amides is 1. The summed E-state index contributed by atoms with van der Waals surface area (Å²) in [6, 6.07) is 12.0. The summed E-state index contributed by atoms with van der Waals surface area (Å²) < 4.78 is 0.828. The highest BCUT2D eigenvalue weighted by atomic mass is 79.9. The molecule has 0 aliphatic carbocycles. The minimum absolute atomic E-state index is 0.0928. The Labute approximate surface area is 124 Å². The number of aromatic hydroxyl groups is 1. The van der Waals surface area contributed by atoms with E-state index in [9.17, 15) is 9.90 Å². The number of hydrogen-bond acceptors (Lipinski definition) is 2. The highest BCUT2D eigenvalue weighted by Gasteiger charge is 2.09. The number of anilines is 1. The van der Waals surface area contributed by atoms with Crippen molar-refractivity contribution >= 4 is 39.1 Å². The van der Waals surface area contributed by atoms with E-state index >= 15 is 0 Å². The molecular weight excluding hydrogens is 330 g/mol. The number of benzene rings is 2. The molecule has 0 saturated carbocycles. The summed E-state index contributed by atoms with van der Waals surface area (Å²) in [5, 5.41) is 12.8. The SMILES string of the molecule is O=C(Cc1ccccc1O)Nc1cc(Br)ccc1Cl. The number of rotatable bonds is 3. The molecule has 0 saturated heterocycles. The number of para-hydroxylation sites is 1. The quantitative estimate of drug-likeness (QED) is 0.887. The van der Waals surface area contributed by atoms with Crippen LogP contribution < -0.4 is 5.32 Å². The number of halogens is 2. The van der Waals surface area contributed by atoms with Gasteiger partial charge in [0.15, 0.2) is 0 Å². The van der Waals surface area contributed by atoms with Crippen LogP contribution in [-0.4, -0.2) is 11.0 Å². The minimum atomic E-state index is -0.235. The Kier molecular flexibility index (Phi) is 4.45. The fraction of sp³-hybridized carbons (Fsp3) is 0.0714. The maximum atomic E-state index is 11.9. The molecular formula is C14H11BrClNO2. The molecule has 2 aromatic carbocycles. The first kappa shape index (κ1) is 13.9. The van der Waals surface area contributed by atoms with E-state index in [0.29, 0.717) is 16.3 Å². The summed E-state index contributed by atoms with van der Waals surface area (Å²) in [6.45, 7) is 0. The van der Waals surface area contributed by atoms with E-state index < -0.39 is 0 Å². The maximum Gasteiger partial charge on any atom is 0.228 e. The Balaban J connectivity index is 2.10. The fourth-order valence-corrected chi connectivity index (χ4v) is 2.15. The lowest BCUT2D eigenvalue weighted by atomic mass is 10.1. The highest BCUT2D eigenvalue weighted by molar-refractivity contribution is 9.10. The molecule has 2 N–H and O–H groups in total. The Morgan fingerprint density at radius 3 is 2.74 bits per heavy atom. The molecule has 0 radical (unpaired) electrons. The summed E-state index contributed by atoms with van der Waals surface area (Å²) >= 11 is 9.30. The molecule has 0 aliphatic heterocycles. The van der Waals surface area contributed by atoms with E-state index in [-0.39, 0.29) is 18.1 Å². The molecule has 0 heterocycles. The summed E-state index contributed by atoms with van der Waals surface area (Å²) in [6.07, 6.45) is 0.0928. The lowest BCUT2D eigenvalue weighted by Crippen LogP contribution is -2.14. The van der Waals surface area contributed by atoms with Gasteiger partial charge in [-0.25, -0.2) is 0 Å². The van der Waals surface area contributed by atoms with Crippen molar-refractivity contribution in [3.05, 3.63) is 57.5 Å². The predicted octanol–water partition coefficient (Wildman–Crippen LogP) is 3.99. The van der Waals surface area contributed by atoms with E-state index in [1.165, 1.54) is 0 Å². The van der Waals surface area contributed by atoms with Crippen molar-refractivity contribution in [3.8, 4) is 5.75 Å². The van der Waals surface area contributed by atoms with Gasteiger partial charge in [0.1, 0.15) is 5.75 Å². The van der Waals surface area contributed by atoms with Crippen molar-refractivity contribution in [2.45, 2.75) is 6.42 Å². The van der Waals surface area contributed by atoms with E-state index in [1.54, 1.807) is 42.5 Å². The van der Waals surface area contributed by atoms with Crippen LogP contribution in [0.25, 0.3) is 0 Å². The smallest absolute Gasteiger partial charge is 0.228 e. The lowest BCUT2D eigenvalue weighted by Gasteiger charge is -2.08. The average Bonchev–Trinajstić information content (AvgIpc) is 2.37. The third-order valence-corrected chi connectivity index (χ3v) is 3.37. The predicted molar refractivity (Wildman–Crippen MR) is 79.6 cm³/mol. The highest BCUT2D eigenvalue weighted by Crippen LogP contribution is 2.26. The maximum absolute atomic E-state index is 11.9. The molecule has 0 aliphatic rings. The second-order valence-electron chi connectivity index (χ2n) is 3.98. The molecule has 0 spiro atoms. The molecule has 0 unspecified atom stereocenters. The molecule has 5 heteroatoms. The van der Waals surface area contributed by atoms with Crippen molar-refractivity contribution in [1.29, 1.82) is 0 Å². The van der Waals surface area contributed by atoms with E-state index in [0.717, 1.165) is 4.47 Å². The van der Waals surface area contributed by atoms with Gasteiger partial charge in [-0.2, -0.15) is 0 Å². The molecule has 2 aromatic rings. The number of carbonyl (C=O) groups excluding carboxylic acids is 1. The van der Waals surface area contributed by atoms with E-state index in [2.05, 4.69) is 21.2 Å². The van der Waals surface area contributed by atoms with Crippen molar-refractivity contribution < 1.29 is 9.90 Å². The number of phenolic OH excluding ortho intramolecular Hbond substituents is 1. The Bertz CT molecular complexity index is 616. The van der Waals surface area contributed by atoms with Crippen LogP contribution in [0.4, 0.5) is 5.69 Å². The van der Waals surface area contributed by atoms with Crippen molar-refractivity contribution in [2.75, 3.05) is 5.32 Å². The third-order valence-electron chi connectivity index (χ3n) is 2.55. The Morgan fingerprint density at radius 1 is 1.26 bits per heavy atom. The molecule has 19 heavy (non-hydrogen) atoms. The van der Waals surface area contributed by atoms with Crippen LogP contribution in [-0.2, 0) is 11.2 Å². The van der Waals surface area contributed by atoms with Gasteiger partial charge < -0.3 is 10.4 Å². The van der Waals surface area contributed by atoms with Crippen LogP contribution >= 0.6 is 27.5 Å². The fourth-order valence-electron chi connectivity index (χ4n) is 1.62. The van der Waals surface area contributed by atoms with Crippen LogP contribution in [0.15, 0.2) is 46.9 Å². The zero-order chi connectivity index (χ0) is 13.8. The summed E-state index contributed by atoms with van der Waals surface area (Å²) in [5.74, 6) is -0.125. The van der Waals surface area contributed by atoms with Crippen molar-refractivity contribution in [3.63, 3.8) is 0 Å². The van der Waals surface area contributed by atoms with Crippen molar-refractivity contribution in [2.24, 2.45) is 0 Å². The first-order chi connectivity index (χ1) is 9.06. The average molecular weight is 341 g/mol. The van der Waals surface area contributed by atoms with Gasteiger partial charge in [-0.1, -0.05) is 45.7 Å². The van der Waals surface area contributed by atoms with Gasteiger partial charge in [0.2, 0.25) is 5.91 Å². The second kappa shape index (κ2) is 6.08. The van der Waals surface area contributed by atoms with Gasteiger partial charge in [-0.3, -0.25) is 4.79 Å². The topological polar surface area (TPSA) is 49.3 Å². The first-order valence-corrected chi connectivity index (χ1v) is 6.75. The number of carbonyl (C=O) groups is 1. The van der Waals surface area contributed by atoms with Crippen LogP contribution in [0.1, 0.15) is 5.56 Å². The molecule has 0 bridgehead atoms. The third kappa shape index (κ3) is 3.72. The molecule has 0 fully saturated rings. The van der Waals surface area contributed by atoms with Crippen LogP contribution in [0, 0.1) is 0 Å². The summed E-state index contributed by atoms with van der Waals surface area (Å²) in [7, 11) is 0. The van der Waals surface area contributed by atoms with Gasteiger partial charge in [-0.15, -0.1) is 0 Å². The van der Waals surface area contributed by atoms with Crippen LogP contribution in [0.5, 0.6) is 5.75 Å². The number of phenols is 1. The summed E-state index contributed by atoms with van der Waals surface area (Å²) in [5.41, 5.74) is 1.11. The second-order valence-corrected chi connectivity index (χ2v) is 5.30. The van der Waals surface area contributed by atoms with E-state index in [1.807, 2.05) is 0 Å². The van der Waals surface area contributed by atoms with Crippen LogP contribution in [0.3, 0.4) is 0 Å². The zero-order valence-corrected chi connectivity index (χ0v) is 12.2. The molecule has 1 amide bonds. The van der Waals surface area contributed by atoms with E-state index in [4.69, 9.17) is 11.6 Å². The zero-order valence-electron chi connectivity index (χ0n) is 9.86. The normalized spacial score (nSPS) is 10.2. The van der Waals surface area contributed by atoms with Crippen molar-refractivity contribution in [1.82, 2.24) is 0 Å². The largest absolute Gasteiger partial charge is 0.508 e. The van der Waals surface area contributed by atoms with Gasteiger partial charge in [0.05, 0.1) is 17.1 Å². The standard InChI is InChI=1S/C14H11BrClNO2/c15-10-5-6-11(16)12(8-10)17-14(19)7-9-3-1-2-4-13(9)18/h1-6,8,18H,7H2,(H,17,19). The van der Waals surface area contributed by atoms with Gasteiger partial charge in [0, 0.05) is 10.0 Å². The first-order valence-electron chi connectivity index (χ1n) is 5.58. The Morgan fingerprint density at radius 2 is 2.00 bits per heavy atom. The number of nitrogens with one attached hydrogen (secondary N) is 1. The molecule has 2 rings (SSSR count). The van der Waals surface area contributed by atoms with Gasteiger partial charge in [0.25, 0.3) is 0 Å². The molecule has 98 valence electrons. The summed E-state index contributed by atoms with van der Waals surface area (Å²) in [4.78, 5) is 11.9. The van der Waals surface area contributed by atoms with Crippen LogP contribution in [0.2, 0.25) is 5.02 Å². The molecule has 0 atom stereocenters. The minimum Gasteiger partial charge on any atom is -0.508 e. The Hall–Kier alpha value is -1.52. The molecule has 3 nitrogen and oxygen atoms in total. The number of hydrogen-bond donors (Lipinski definition) is 2. The lowest BCUT2D eigenvalue weighted by molar-refractivity contribution is -0.115. The van der Waals surface area contributed by atoms with Gasteiger partial charge in [-0.05, 0) is 24.3 Å². The molecule has 0 aromatic heterocycles. The monoisotopic (exact) mass is 339 g/mol.